The predicted octanol–water partition coefficient (Wildman–Crippen LogP) is -2.04. The number of pyridine rings is 1. The van der Waals surface area contributed by atoms with E-state index < -0.39 is 0 Å². The van der Waals surface area contributed by atoms with Gasteiger partial charge in [0.15, 0.2) is 0 Å². The molecule has 9 heavy (non-hydrogen) atoms. The maximum absolute atomic E-state index is 8.26. The molecule has 0 aliphatic rings. The summed E-state index contributed by atoms with van der Waals surface area (Å²) in [6.45, 7) is 0. The van der Waals surface area contributed by atoms with Gasteiger partial charge in [-0.25, -0.2) is 0 Å². The molecule has 0 spiro atoms. The smallest absolute Gasteiger partial charge is 0.265 e. The molecule has 3 heteroatoms. The third-order valence-electron chi connectivity index (χ3n) is 0.809. The van der Waals surface area contributed by atoms with Crippen LogP contribution in [0.15, 0.2) is 24.5 Å². The molecule has 0 aliphatic heterocycles. The average molecular weight is 127 g/mol. The van der Waals surface area contributed by atoms with E-state index in [1.54, 1.807) is 24.5 Å². The maximum Gasteiger partial charge on any atom is 1.00 e. The molecule has 0 aromatic carbocycles. The van der Waals surface area contributed by atoms with Gasteiger partial charge in [0, 0.05) is 12.4 Å². The zero-order chi connectivity index (χ0) is 5.82. The van der Waals surface area contributed by atoms with E-state index in [1.165, 1.54) is 0 Å². The summed E-state index contributed by atoms with van der Waals surface area (Å²) in [5.41, 5.74) is 0.653. The fraction of sp³-hybridized carbons (Fsp3) is 0. The van der Waals surface area contributed by atoms with E-state index in [-0.39, 0.29) is 29.6 Å². The Kier molecular flexibility index (Phi) is 4.33. The second kappa shape index (κ2) is 4.51. The van der Waals surface area contributed by atoms with E-state index in [9.17, 15) is 0 Å². The van der Waals surface area contributed by atoms with E-state index in [1.807, 2.05) is 6.07 Å². The third-order valence-corrected chi connectivity index (χ3v) is 0.809. The monoisotopic (exact) mass is 127 g/mol. The van der Waals surface area contributed by atoms with Gasteiger partial charge in [-0.2, -0.15) is 5.26 Å². The fourth-order valence-electron chi connectivity index (χ4n) is 0.426. The van der Waals surface area contributed by atoms with Crippen molar-refractivity contribution in [1.29, 1.82) is 5.26 Å². The maximum atomic E-state index is 8.26. The van der Waals surface area contributed by atoms with E-state index in [0.717, 1.165) is 0 Å². The molecule has 0 amide bonds. The van der Waals surface area contributed by atoms with Gasteiger partial charge in [0.05, 0.1) is 11.6 Å². The number of nitrogens with zero attached hydrogens (tertiary/aromatic N) is 2. The van der Waals surface area contributed by atoms with Crippen molar-refractivity contribution in [3.05, 3.63) is 30.1 Å². The number of aromatic nitrogens is 1. The van der Waals surface area contributed by atoms with Gasteiger partial charge in [-0.3, -0.25) is 4.98 Å². The minimum absolute atomic E-state index is 0. The average Bonchev–Trinajstić information content (AvgIpc) is 1.90. The van der Waals surface area contributed by atoms with Crippen LogP contribution >= 0.6 is 0 Å². The zero-order valence-electron chi connectivity index (χ0n) is 5.20. The molecule has 1 heterocycles. The second-order valence-electron chi connectivity index (χ2n) is 1.35. The molecule has 2 nitrogen and oxygen atoms in total. The van der Waals surface area contributed by atoms with Crippen molar-refractivity contribution in [2.75, 3.05) is 0 Å². The summed E-state index contributed by atoms with van der Waals surface area (Å²) in [6, 6.07) is 5.32. The summed E-state index contributed by atoms with van der Waals surface area (Å²) >= 11 is 0. The van der Waals surface area contributed by atoms with Crippen LogP contribution in [-0.2, 0) is 0 Å². The molecule has 1 aromatic rings. The van der Waals surface area contributed by atoms with Crippen molar-refractivity contribution in [3.8, 4) is 6.07 Å². The van der Waals surface area contributed by atoms with Gasteiger partial charge in [-0.05, 0) is 12.1 Å². The Morgan fingerprint density at radius 3 is 2.22 bits per heavy atom. The van der Waals surface area contributed by atoms with E-state index in [2.05, 4.69) is 4.98 Å². The van der Waals surface area contributed by atoms with Gasteiger partial charge in [0.2, 0.25) is 0 Å². The van der Waals surface area contributed by atoms with Gasteiger partial charge >= 0.3 is 29.6 Å². The van der Waals surface area contributed by atoms with Crippen molar-refractivity contribution in [1.82, 2.24) is 4.98 Å². The zero-order valence-corrected chi connectivity index (χ0v) is 7.20. The van der Waals surface area contributed by atoms with Crippen LogP contribution in [0.3, 0.4) is 0 Å². The van der Waals surface area contributed by atoms with Gasteiger partial charge in [-0.1, -0.05) is 0 Å². The van der Waals surface area contributed by atoms with Crippen molar-refractivity contribution in [2.45, 2.75) is 0 Å². The number of rotatable bonds is 0. The van der Waals surface area contributed by atoms with E-state index >= 15 is 0 Å². The van der Waals surface area contributed by atoms with Crippen LogP contribution in [0.25, 0.3) is 0 Å². The molecular weight excluding hydrogens is 123 g/mol. The SMILES string of the molecule is N#Cc1ccncc1.[Na+]. The predicted molar refractivity (Wildman–Crippen MR) is 29.0 cm³/mol. The van der Waals surface area contributed by atoms with Crippen LogP contribution in [0, 0.1) is 11.3 Å². The Morgan fingerprint density at radius 1 is 1.33 bits per heavy atom. The summed E-state index contributed by atoms with van der Waals surface area (Å²) in [5.74, 6) is 0. The molecule has 38 valence electrons. The molecule has 0 saturated carbocycles. The third kappa shape index (κ3) is 2.62. The molecule has 0 saturated heterocycles. The Labute approximate surface area is 75.8 Å². The van der Waals surface area contributed by atoms with Crippen LogP contribution in [-0.4, -0.2) is 4.98 Å². The number of nitriles is 1. The Morgan fingerprint density at radius 2 is 1.89 bits per heavy atom. The first-order valence-corrected chi connectivity index (χ1v) is 2.23. The molecule has 0 unspecified atom stereocenters. The molecule has 1 rings (SSSR count). The topological polar surface area (TPSA) is 36.7 Å². The van der Waals surface area contributed by atoms with Gasteiger partial charge in [0.1, 0.15) is 0 Å². The van der Waals surface area contributed by atoms with Crippen molar-refractivity contribution in [3.63, 3.8) is 0 Å². The Balaban J connectivity index is 0.000000640. The number of hydrogen-bond donors (Lipinski definition) is 0. The summed E-state index contributed by atoms with van der Waals surface area (Å²) in [7, 11) is 0. The van der Waals surface area contributed by atoms with Gasteiger partial charge in [0.25, 0.3) is 0 Å². The van der Waals surface area contributed by atoms with Crippen LogP contribution in [0.2, 0.25) is 0 Å². The van der Waals surface area contributed by atoms with Crippen LogP contribution in [0.1, 0.15) is 5.56 Å². The first-order chi connectivity index (χ1) is 3.93. The largest absolute Gasteiger partial charge is 1.00 e. The quantitative estimate of drug-likeness (QED) is 0.376. The summed E-state index contributed by atoms with van der Waals surface area (Å²) in [6.07, 6.45) is 3.19. The molecule has 0 atom stereocenters. The second-order valence-corrected chi connectivity index (χ2v) is 1.35. The Hall–Kier alpha value is -0.360. The van der Waals surface area contributed by atoms with Crippen LogP contribution in [0.4, 0.5) is 0 Å². The molecular formula is C6H4N2Na+. The summed E-state index contributed by atoms with van der Waals surface area (Å²) < 4.78 is 0. The molecule has 0 N–H and O–H groups in total. The minimum atomic E-state index is 0. The fourth-order valence-corrected chi connectivity index (χ4v) is 0.426. The molecule has 0 fully saturated rings. The van der Waals surface area contributed by atoms with E-state index in [0.29, 0.717) is 5.56 Å². The van der Waals surface area contributed by atoms with Crippen molar-refractivity contribution >= 4 is 0 Å². The summed E-state index contributed by atoms with van der Waals surface area (Å²) in [5, 5.41) is 8.26. The standard InChI is InChI=1S/C6H4N2.Na/c7-5-6-1-3-8-4-2-6;/h1-4H;/q;+1. The molecule has 0 aliphatic carbocycles. The first-order valence-electron chi connectivity index (χ1n) is 2.23. The first kappa shape index (κ1) is 8.64. The molecule has 0 radical (unpaired) electrons. The van der Waals surface area contributed by atoms with Crippen LogP contribution in [0.5, 0.6) is 0 Å². The molecule has 0 bridgehead atoms. The minimum Gasteiger partial charge on any atom is -0.265 e. The normalized spacial score (nSPS) is 7.00. The molecule has 1 aromatic heterocycles. The van der Waals surface area contributed by atoms with Crippen molar-refractivity contribution in [2.24, 2.45) is 0 Å². The van der Waals surface area contributed by atoms with Gasteiger partial charge in [-0.15, -0.1) is 0 Å². The Bertz CT molecular complexity index is 202. The van der Waals surface area contributed by atoms with E-state index in [4.69, 9.17) is 5.26 Å². The van der Waals surface area contributed by atoms with Crippen molar-refractivity contribution < 1.29 is 29.6 Å². The summed E-state index contributed by atoms with van der Waals surface area (Å²) in [4.78, 5) is 3.74. The number of hydrogen-bond acceptors (Lipinski definition) is 2. The van der Waals surface area contributed by atoms with Gasteiger partial charge < -0.3 is 0 Å². The van der Waals surface area contributed by atoms with Crippen LogP contribution < -0.4 is 29.6 Å².